The first-order valence-corrected chi connectivity index (χ1v) is 12.9. The second-order valence-corrected chi connectivity index (χ2v) is 9.48. The Morgan fingerprint density at radius 2 is 2.00 bits per heavy atom. The molecule has 1 fully saturated rings. The van der Waals surface area contributed by atoms with E-state index in [0.29, 0.717) is 18.2 Å². The Morgan fingerprint density at radius 3 is 2.80 bits per heavy atom. The first-order chi connectivity index (χ1) is 14.6. The number of likely N-dealkylation sites (tertiary alicyclic amines) is 1. The van der Waals surface area contributed by atoms with E-state index >= 15 is 0 Å². The summed E-state index contributed by atoms with van der Waals surface area (Å²) < 4.78 is 5.91. The van der Waals surface area contributed by atoms with Crippen LogP contribution in [0.3, 0.4) is 0 Å². The molecule has 2 heterocycles. The van der Waals surface area contributed by atoms with Crippen LogP contribution in [-0.2, 0) is 0 Å². The van der Waals surface area contributed by atoms with Crippen molar-refractivity contribution in [2.24, 2.45) is 0 Å². The van der Waals surface area contributed by atoms with Crippen LogP contribution in [0, 0.1) is 0 Å². The highest BCUT2D eigenvalue weighted by molar-refractivity contribution is 7.98. The van der Waals surface area contributed by atoms with Gasteiger partial charge in [-0.25, -0.2) is 0 Å². The third-order valence-corrected chi connectivity index (χ3v) is 7.11. The first-order valence-electron chi connectivity index (χ1n) is 11.7. The van der Waals surface area contributed by atoms with Crippen molar-refractivity contribution in [3.63, 3.8) is 0 Å². The smallest absolute Gasteiger partial charge is 0.255 e. The van der Waals surface area contributed by atoms with Gasteiger partial charge in [-0.3, -0.25) is 9.69 Å². The van der Waals surface area contributed by atoms with E-state index in [0.717, 1.165) is 36.0 Å². The van der Waals surface area contributed by atoms with Crippen molar-refractivity contribution in [3.8, 4) is 5.75 Å². The fraction of sp³-hybridized carbons (Fsp3) is 0.708. The number of nitrogens with zero attached hydrogens (tertiary/aromatic N) is 2. The predicted octanol–water partition coefficient (Wildman–Crippen LogP) is 4.79. The van der Waals surface area contributed by atoms with Crippen molar-refractivity contribution in [1.29, 1.82) is 0 Å². The van der Waals surface area contributed by atoms with E-state index in [9.17, 15) is 4.79 Å². The molecule has 0 radical (unpaired) electrons. The Morgan fingerprint density at radius 1 is 1.20 bits per heavy atom. The van der Waals surface area contributed by atoms with Gasteiger partial charge < -0.3 is 15.0 Å². The molecule has 1 atom stereocenters. The van der Waals surface area contributed by atoms with Crippen LogP contribution in [-0.4, -0.2) is 62.9 Å². The summed E-state index contributed by atoms with van der Waals surface area (Å²) in [7, 11) is 2.06. The number of benzene rings is 1. The quantitative estimate of drug-likeness (QED) is 0.401. The molecule has 168 valence electrons. The molecule has 1 aromatic rings. The second kappa shape index (κ2) is 11.8. The number of rotatable bonds is 11. The molecule has 5 nitrogen and oxygen atoms in total. The van der Waals surface area contributed by atoms with Crippen molar-refractivity contribution in [2.45, 2.75) is 69.2 Å². The Hall–Kier alpha value is -1.40. The molecule has 6 heteroatoms. The van der Waals surface area contributed by atoms with E-state index in [1.54, 1.807) is 11.8 Å². The molecular formula is C24H39N3O2S. The fourth-order valence-corrected chi connectivity index (χ4v) is 5.00. The van der Waals surface area contributed by atoms with Gasteiger partial charge in [0.25, 0.3) is 5.91 Å². The standard InChI is InChI=1S/C24H39N3O2S/c1-4-5-6-7-8-9-12-27-13-10-11-19(27)18-25-24(28)21-16-20(30-3)17-22-23(21)29-15-14-26(22)2/h16-17,19H,4-15,18H2,1-3H3,(H,25,28)/t19-/m1/s1. The van der Waals surface area contributed by atoms with Crippen LogP contribution in [0.15, 0.2) is 17.0 Å². The Bertz CT molecular complexity index is 697. The van der Waals surface area contributed by atoms with Crippen molar-refractivity contribution < 1.29 is 9.53 Å². The third-order valence-electron chi connectivity index (χ3n) is 6.40. The van der Waals surface area contributed by atoms with Crippen molar-refractivity contribution in [2.75, 3.05) is 51.0 Å². The molecule has 1 saturated heterocycles. The summed E-state index contributed by atoms with van der Waals surface area (Å²) >= 11 is 1.66. The Labute approximate surface area is 186 Å². The third kappa shape index (κ3) is 6.07. The van der Waals surface area contributed by atoms with Gasteiger partial charge in [0.1, 0.15) is 6.61 Å². The molecule has 30 heavy (non-hydrogen) atoms. The van der Waals surface area contributed by atoms with E-state index in [-0.39, 0.29) is 5.91 Å². The highest BCUT2D eigenvalue weighted by Gasteiger charge is 2.27. The number of unbranched alkanes of at least 4 members (excludes halogenated alkanes) is 5. The minimum atomic E-state index is -0.0103. The SMILES string of the molecule is CCCCCCCCN1CCC[C@@H]1CNC(=O)c1cc(SC)cc2c1OCCN2C. The van der Waals surface area contributed by atoms with Crippen LogP contribution in [0.5, 0.6) is 5.75 Å². The molecule has 0 spiro atoms. The van der Waals surface area contributed by atoms with Gasteiger partial charge in [0, 0.05) is 24.5 Å². The van der Waals surface area contributed by atoms with Crippen LogP contribution in [0.2, 0.25) is 0 Å². The van der Waals surface area contributed by atoms with Crippen LogP contribution in [0.25, 0.3) is 0 Å². The lowest BCUT2D eigenvalue weighted by atomic mass is 10.1. The number of fused-ring (bicyclic) bond motifs is 1. The fourth-order valence-electron chi connectivity index (χ4n) is 4.54. The van der Waals surface area contributed by atoms with Gasteiger partial charge in [0.15, 0.2) is 5.75 Å². The molecule has 1 N–H and O–H groups in total. The van der Waals surface area contributed by atoms with Gasteiger partial charge >= 0.3 is 0 Å². The molecule has 0 saturated carbocycles. The second-order valence-electron chi connectivity index (χ2n) is 8.60. The zero-order valence-electron chi connectivity index (χ0n) is 19.0. The monoisotopic (exact) mass is 433 g/mol. The van der Waals surface area contributed by atoms with Gasteiger partial charge in [-0.05, 0) is 50.7 Å². The molecular weight excluding hydrogens is 394 g/mol. The minimum absolute atomic E-state index is 0.0103. The van der Waals surface area contributed by atoms with E-state index < -0.39 is 0 Å². The molecule has 1 amide bonds. The van der Waals surface area contributed by atoms with Crippen LogP contribution < -0.4 is 15.0 Å². The number of likely N-dealkylation sites (N-methyl/N-ethyl adjacent to an activating group) is 1. The molecule has 0 unspecified atom stereocenters. The summed E-state index contributed by atoms with van der Waals surface area (Å²) in [6, 6.07) is 4.56. The molecule has 0 aromatic heterocycles. The number of nitrogens with one attached hydrogen (secondary N) is 1. The zero-order chi connectivity index (χ0) is 21.3. The summed E-state index contributed by atoms with van der Waals surface area (Å²) in [5, 5.41) is 3.22. The Kier molecular flexibility index (Phi) is 9.19. The number of thioether (sulfide) groups is 1. The van der Waals surface area contributed by atoms with Crippen molar-refractivity contribution in [1.82, 2.24) is 10.2 Å². The molecule has 2 aliphatic heterocycles. The van der Waals surface area contributed by atoms with Gasteiger partial charge in [-0.15, -0.1) is 11.8 Å². The zero-order valence-corrected chi connectivity index (χ0v) is 19.9. The van der Waals surface area contributed by atoms with Crippen molar-refractivity contribution in [3.05, 3.63) is 17.7 Å². The Balaban J connectivity index is 1.54. The summed E-state index contributed by atoms with van der Waals surface area (Å²) in [4.78, 5) is 18.9. The number of amides is 1. The summed E-state index contributed by atoms with van der Waals surface area (Å²) in [5.74, 6) is 0.721. The normalized spacial score (nSPS) is 18.9. The van der Waals surface area contributed by atoms with E-state index in [1.165, 1.54) is 57.9 Å². The minimum Gasteiger partial charge on any atom is -0.489 e. The molecule has 3 rings (SSSR count). The van der Waals surface area contributed by atoms with Gasteiger partial charge in [0.2, 0.25) is 0 Å². The van der Waals surface area contributed by atoms with Gasteiger partial charge in [-0.2, -0.15) is 0 Å². The average Bonchev–Trinajstić information content (AvgIpc) is 3.21. The average molecular weight is 434 g/mol. The molecule has 2 aliphatic rings. The molecule has 0 bridgehead atoms. The van der Waals surface area contributed by atoms with Crippen LogP contribution >= 0.6 is 11.8 Å². The number of hydrogen-bond acceptors (Lipinski definition) is 5. The summed E-state index contributed by atoms with van der Waals surface area (Å²) in [6.07, 6.45) is 12.5. The largest absolute Gasteiger partial charge is 0.489 e. The van der Waals surface area contributed by atoms with Crippen molar-refractivity contribution >= 4 is 23.4 Å². The maximum absolute atomic E-state index is 13.1. The summed E-state index contributed by atoms with van der Waals surface area (Å²) in [6.45, 7) is 6.79. The number of hydrogen-bond donors (Lipinski definition) is 1. The van der Waals surface area contributed by atoms with E-state index in [1.807, 2.05) is 12.3 Å². The number of anilines is 1. The summed E-state index contributed by atoms with van der Waals surface area (Å²) in [5.41, 5.74) is 1.69. The predicted molar refractivity (Wildman–Crippen MR) is 127 cm³/mol. The number of carbonyl (C=O) groups is 1. The van der Waals surface area contributed by atoms with E-state index in [4.69, 9.17) is 4.74 Å². The topological polar surface area (TPSA) is 44.8 Å². The molecule has 1 aromatic carbocycles. The lowest BCUT2D eigenvalue weighted by Gasteiger charge is -2.30. The van der Waals surface area contributed by atoms with Crippen LogP contribution in [0.1, 0.15) is 68.6 Å². The lowest BCUT2D eigenvalue weighted by molar-refractivity contribution is 0.0936. The molecule has 0 aliphatic carbocycles. The lowest BCUT2D eigenvalue weighted by Crippen LogP contribution is -2.41. The number of carbonyl (C=O) groups excluding carboxylic acids is 1. The maximum Gasteiger partial charge on any atom is 0.255 e. The van der Waals surface area contributed by atoms with Gasteiger partial charge in [-0.1, -0.05) is 39.0 Å². The van der Waals surface area contributed by atoms with Gasteiger partial charge in [0.05, 0.1) is 17.8 Å². The number of ether oxygens (including phenoxy) is 1. The highest BCUT2D eigenvalue weighted by Crippen LogP contribution is 2.38. The van der Waals surface area contributed by atoms with Crippen LogP contribution in [0.4, 0.5) is 5.69 Å². The highest BCUT2D eigenvalue weighted by atomic mass is 32.2. The first kappa shape index (κ1) is 23.3. The van der Waals surface area contributed by atoms with E-state index in [2.05, 4.69) is 35.2 Å². The maximum atomic E-state index is 13.1.